The Morgan fingerprint density at radius 1 is 0.750 bits per heavy atom. The Bertz CT molecular complexity index is 1650. The van der Waals surface area contributed by atoms with Gasteiger partial charge in [-0.05, 0) is 54.2 Å². The first-order valence-electron chi connectivity index (χ1n) is 13.9. The number of fused-ring (bicyclic) bond motifs is 1. The molecule has 0 spiro atoms. The first kappa shape index (κ1) is 24.5. The second-order valence-corrected chi connectivity index (χ2v) is 10.4. The van der Waals surface area contributed by atoms with Crippen LogP contribution in [0.4, 0.5) is 0 Å². The molecule has 1 fully saturated rings. The molecule has 0 aliphatic carbocycles. The Hall–Kier alpha value is -4.49. The summed E-state index contributed by atoms with van der Waals surface area (Å²) in [7, 11) is 2.06. The summed E-state index contributed by atoms with van der Waals surface area (Å²) in [6.45, 7) is 0.788. The number of nitrogens with zero attached hydrogens (tertiary/aromatic N) is 5. The maximum absolute atomic E-state index is 6.04. The van der Waals surface area contributed by atoms with Gasteiger partial charge in [-0.15, -0.1) is 5.10 Å². The van der Waals surface area contributed by atoms with Gasteiger partial charge in [-0.1, -0.05) is 91.0 Å². The number of hydrogen-bond donors (Lipinski definition) is 0. The van der Waals surface area contributed by atoms with Crippen molar-refractivity contribution in [3.05, 3.63) is 132 Å². The topological polar surface area (TPSA) is 57.8 Å². The summed E-state index contributed by atoms with van der Waals surface area (Å²) < 4.78 is 10.1. The van der Waals surface area contributed by atoms with Gasteiger partial charge in [0.2, 0.25) is 0 Å². The zero-order valence-corrected chi connectivity index (χ0v) is 22.5. The van der Waals surface area contributed by atoms with Crippen LogP contribution in [0.5, 0.6) is 0 Å². The van der Waals surface area contributed by atoms with E-state index in [-0.39, 0.29) is 6.23 Å². The van der Waals surface area contributed by atoms with E-state index in [1.807, 2.05) is 33.9 Å². The van der Waals surface area contributed by atoms with E-state index >= 15 is 0 Å². The minimum absolute atomic E-state index is 0.00336. The molecular formula is C33H30BN5O. The molecule has 1 saturated heterocycles. The van der Waals surface area contributed by atoms with Crippen LogP contribution in [0.3, 0.4) is 0 Å². The lowest BCUT2D eigenvalue weighted by Gasteiger charge is -2.35. The molecule has 0 saturated carbocycles. The molecule has 0 bridgehead atoms. The summed E-state index contributed by atoms with van der Waals surface area (Å²) in [5, 5.41) is 11.1. The molecule has 1 atom stereocenters. The monoisotopic (exact) mass is 523 g/mol. The van der Waals surface area contributed by atoms with Gasteiger partial charge in [0.25, 0.3) is 0 Å². The predicted octanol–water partition coefficient (Wildman–Crippen LogP) is 5.09. The van der Waals surface area contributed by atoms with Crippen LogP contribution in [0, 0.1) is 0 Å². The van der Waals surface area contributed by atoms with E-state index in [9.17, 15) is 0 Å². The van der Waals surface area contributed by atoms with Gasteiger partial charge in [-0.3, -0.25) is 0 Å². The summed E-state index contributed by atoms with van der Waals surface area (Å²) in [6.07, 6.45) is 5.12. The third-order valence-electron chi connectivity index (χ3n) is 7.99. The lowest BCUT2D eigenvalue weighted by molar-refractivity contribution is -0.0364. The first-order chi connectivity index (χ1) is 19.7. The molecule has 1 aliphatic rings. The highest BCUT2D eigenvalue weighted by Gasteiger charge is 2.39. The maximum atomic E-state index is 6.04. The van der Waals surface area contributed by atoms with Gasteiger partial charge in [0.15, 0.2) is 19.9 Å². The summed E-state index contributed by atoms with van der Waals surface area (Å²) in [5.41, 5.74) is 5.67. The van der Waals surface area contributed by atoms with Gasteiger partial charge in [0, 0.05) is 23.1 Å². The molecule has 4 aromatic carbocycles. The maximum Gasteiger partial charge on any atom is 0.181 e. The normalized spacial score (nSPS) is 15.8. The summed E-state index contributed by atoms with van der Waals surface area (Å²) >= 11 is 0. The zero-order chi connectivity index (χ0) is 26.9. The number of hydrogen-bond acceptors (Lipinski definition) is 4. The highest BCUT2D eigenvalue weighted by atomic mass is 16.5. The molecule has 1 aliphatic heterocycles. The van der Waals surface area contributed by atoms with Crippen LogP contribution in [-0.4, -0.2) is 39.0 Å². The van der Waals surface area contributed by atoms with E-state index in [2.05, 4.69) is 98.8 Å². The molecule has 6 nitrogen and oxygen atoms in total. The molecule has 0 N–H and O–H groups in total. The fourth-order valence-corrected chi connectivity index (χ4v) is 6.06. The average Bonchev–Trinajstić information content (AvgIpc) is 3.65. The Balaban J connectivity index is 1.38. The van der Waals surface area contributed by atoms with Crippen molar-refractivity contribution in [3.8, 4) is 11.4 Å². The van der Waals surface area contributed by atoms with Crippen molar-refractivity contribution in [2.24, 2.45) is 0 Å². The van der Waals surface area contributed by atoms with Crippen molar-refractivity contribution in [1.82, 2.24) is 24.5 Å². The number of aromatic nitrogens is 5. The Kier molecular flexibility index (Phi) is 6.29. The molecular weight excluding hydrogens is 493 g/mol. The molecule has 40 heavy (non-hydrogen) atoms. The smallest absolute Gasteiger partial charge is 0.181 e. The van der Waals surface area contributed by atoms with E-state index in [4.69, 9.17) is 19.9 Å². The molecule has 7 heteroatoms. The molecule has 6 aromatic rings. The van der Waals surface area contributed by atoms with Gasteiger partial charge in [-0.2, -0.15) is 5.10 Å². The SMILES string of the molecule is Bc1nn(C2CCCCO2)c2ccc(-c3ncn(C(c4ccccc4)(c4ccccc4)c4ccccc4)n3)cc12. The van der Waals surface area contributed by atoms with E-state index in [0.29, 0.717) is 5.82 Å². The summed E-state index contributed by atoms with van der Waals surface area (Å²) in [6, 6.07) is 38.0. The predicted molar refractivity (Wildman–Crippen MR) is 160 cm³/mol. The van der Waals surface area contributed by atoms with Crippen molar-refractivity contribution in [3.63, 3.8) is 0 Å². The molecule has 196 valence electrons. The van der Waals surface area contributed by atoms with E-state index in [1.54, 1.807) is 0 Å². The third-order valence-corrected chi connectivity index (χ3v) is 7.99. The number of rotatable bonds is 6. The van der Waals surface area contributed by atoms with Crippen LogP contribution in [0.1, 0.15) is 42.2 Å². The molecule has 0 radical (unpaired) electrons. The van der Waals surface area contributed by atoms with Crippen molar-refractivity contribution < 1.29 is 4.74 Å². The Morgan fingerprint density at radius 3 is 1.95 bits per heavy atom. The average molecular weight is 523 g/mol. The Labute approximate surface area is 234 Å². The number of ether oxygens (including phenoxy) is 1. The van der Waals surface area contributed by atoms with Crippen LogP contribution in [0.15, 0.2) is 116 Å². The van der Waals surface area contributed by atoms with Gasteiger partial charge < -0.3 is 4.74 Å². The highest BCUT2D eigenvalue weighted by Crippen LogP contribution is 2.40. The molecule has 3 heterocycles. The van der Waals surface area contributed by atoms with Gasteiger partial charge in [0.05, 0.1) is 5.52 Å². The quantitative estimate of drug-likeness (QED) is 0.225. The molecule has 1 unspecified atom stereocenters. The van der Waals surface area contributed by atoms with E-state index < -0.39 is 5.54 Å². The summed E-state index contributed by atoms with van der Waals surface area (Å²) in [4.78, 5) is 4.86. The fourth-order valence-electron chi connectivity index (χ4n) is 6.06. The van der Waals surface area contributed by atoms with Crippen molar-refractivity contribution in [2.45, 2.75) is 31.0 Å². The molecule has 2 aromatic heterocycles. The summed E-state index contributed by atoms with van der Waals surface area (Å²) in [5.74, 6) is 0.676. The van der Waals surface area contributed by atoms with Crippen molar-refractivity contribution >= 4 is 24.3 Å². The minimum atomic E-state index is -0.696. The van der Waals surface area contributed by atoms with Gasteiger partial charge in [0.1, 0.15) is 11.9 Å². The van der Waals surface area contributed by atoms with Crippen LogP contribution in [-0.2, 0) is 10.3 Å². The highest BCUT2D eigenvalue weighted by molar-refractivity contribution is 6.37. The van der Waals surface area contributed by atoms with Crippen molar-refractivity contribution in [1.29, 1.82) is 0 Å². The number of benzene rings is 4. The lowest BCUT2D eigenvalue weighted by atomic mass is 9.77. The largest absolute Gasteiger partial charge is 0.356 e. The van der Waals surface area contributed by atoms with E-state index in [1.165, 1.54) is 0 Å². The fraction of sp³-hybridized carbons (Fsp3) is 0.182. The second-order valence-electron chi connectivity index (χ2n) is 10.4. The van der Waals surface area contributed by atoms with Crippen LogP contribution in [0.2, 0.25) is 0 Å². The third kappa shape index (κ3) is 4.05. The standard InChI is InChI=1S/C33H30BN5O/c34-31-28-22-24(19-20-29(28)39(36-31)30-18-10-11-21-40-30)32-35-23-38(37-32)33(25-12-4-1-5-13-25,26-14-6-2-7-15-26)27-16-8-3-9-17-27/h1-9,12-17,19-20,22-23,30H,10-11,18,21,34H2. The Morgan fingerprint density at radius 2 is 1.38 bits per heavy atom. The van der Waals surface area contributed by atoms with Crippen molar-refractivity contribution in [2.75, 3.05) is 6.61 Å². The zero-order valence-electron chi connectivity index (χ0n) is 22.5. The molecule has 0 amide bonds. The van der Waals surface area contributed by atoms with Gasteiger partial charge in [-0.25, -0.2) is 14.3 Å². The molecule has 7 rings (SSSR count). The first-order valence-corrected chi connectivity index (χ1v) is 13.9. The van der Waals surface area contributed by atoms with Crippen LogP contribution < -0.4 is 5.59 Å². The van der Waals surface area contributed by atoms with Crippen LogP contribution in [0.25, 0.3) is 22.3 Å². The van der Waals surface area contributed by atoms with Crippen LogP contribution >= 0.6 is 0 Å². The van der Waals surface area contributed by atoms with Gasteiger partial charge >= 0.3 is 0 Å². The lowest BCUT2D eigenvalue weighted by Crippen LogP contribution is -2.38. The minimum Gasteiger partial charge on any atom is -0.356 e. The second kappa shape index (κ2) is 10.2. The van der Waals surface area contributed by atoms with E-state index in [0.717, 1.165) is 64.6 Å².